The number of nitrogens with zero attached hydrogens (tertiary/aromatic N) is 3. The van der Waals surface area contributed by atoms with Crippen LogP contribution in [0.2, 0.25) is 10.0 Å². The molecule has 0 spiro atoms. The van der Waals surface area contributed by atoms with Crippen molar-refractivity contribution in [3.63, 3.8) is 0 Å². The van der Waals surface area contributed by atoms with Crippen LogP contribution >= 0.6 is 23.2 Å². The molecule has 130 valence electrons. The molecule has 10 heteroatoms. The Labute approximate surface area is 148 Å². The number of amides is 1. The van der Waals surface area contributed by atoms with E-state index in [1.807, 2.05) is 0 Å². The van der Waals surface area contributed by atoms with Crippen molar-refractivity contribution in [2.24, 2.45) is 0 Å². The number of hydrogen-bond donors (Lipinski definition) is 0. The Balaban J connectivity index is 2.51. The van der Waals surface area contributed by atoms with Crippen LogP contribution in [0.4, 0.5) is 9.18 Å². The highest BCUT2D eigenvalue weighted by molar-refractivity contribution is 7.91. The Morgan fingerprint density at radius 3 is 2.25 bits per heavy atom. The highest BCUT2D eigenvalue weighted by Gasteiger charge is 2.28. The Hall–Kier alpha value is -1.64. The summed E-state index contributed by atoms with van der Waals surface area (Å²) in [6.07, 6.45) is 0.736. The van der Waals surface area contributed by atoms with E-state index in [2.05, 4.69) is 5.10 Å². The van der Waals surface area contributed by atoms with Crippen LogP contribution in [0, 0.1) is 5.82 Å². The van der Waals surface area contributed by atoms with Crippen LogP contribution in [0.3, 0.4) is 0 Å². The Kier molecular flexibility index (Phi) is 5.52. The van der Waals surface area contributed by atoms with Gasteiger partial charge in [0.25, 0.3) is 0 Å². The molecule has 1 amide bonds. The van der Waals surface area contributed by atoms with E-state index in [0.717, 1.165) is 18.3 Å². The Morgan fingerprint density at radius 2 is 1.75 bits per heavy atom. The van der Waals surface area contributed by atoms with Crippen LogP contribution in [0.5, 0.6) is 0 Å². The number of halogens is 3. The molecule has 24 heavy (non-hydrogen) atoms. The van der Waals surface area contributed by atoms with E-state index in [4.69, 9.17) is 23.2 Å². The minimum atomic E-state index is -4.31. The lowest BCUT2D eigenvalue weighted by Gasteiger charge is -2.17. The summed E-state index contributed by atoms with van der Waals surface area (Å²) in [6.45, 7) is 4.24. The number of sulfone groups is 1. The highest BCUT2D eigenvalue weighted by Crippen LogP contribution is 2.27. The van der Waals surface area contributed by atoms with Gasteiger partial charge in [0.1, 0.15) is 0 Å². The maximum atomic E-state index is 14.1. The van der Waals surface area contributed by atoms with Gasteiger partial charge in [-0.05, 0) is 32.0 Å². The summed E-state index contributed by atoms with van der Waals surface area (Å²) in [5.74, 6) is -1.13. The lowest BCUT2D eigenvalue weighted by atomic mass is 10.4. The molecule has 0 bridgehead atoms. The Bertz CT molecular complexity index is 859. The van der Waals surface area contributed by atoms with E-state index in [1.165, 1.54) is 11.0 Å². The average molecular weight is 394 g/mol. The van der Waals surface area contributed by atoms with E-state index in [1.54, 1.807) is 13.8 Å². The van der Waals surface area contributed by atoms with Crippen LogP contribution in [-0.2, 0) is 9.84 Å². The molecule has 0 saturated carbocycles. The fourth-order valence-corrected chi connectivity index (χ4v) is 4.00. The average Bonchev–Trinajstić information content (AvgIpc) is 2.90. The third-order valence-electron chi connectivity index (χ3n) is 3.27. The molecule has 0 aliphatic rings. The van der Waals surface area contributed by atoms with Gasteiger partial charge in [-0.25, -0.2) is 17.6 Å². The molecule has 2 aromatic rings. The zero-order valence-corrected chi connectivity index (χ0v) is 15.2. The molecule has 2 rings (SSSR count). The lowest BCUT2D eigenvalue weighted by Crippen LogP contribution is -2.34. The van der Waals surface area contributed by atoms with Crippen molar-refractivity contribution in [1.29, 1.82) is 0 Å². The number of benzene rings is 1. The third kappa shape index (κ3) is 3.55. The molecule has 0 N–H and O–H groups in total. The van der Waals surface area contributed by atoms with Crippen molar-refractivity contribution in [2.75, 3.05) is 13.1 Å². The van der Waals surface area contributed by atoms with Gasteiger partial charge >= 0.3 is 6.03 Å². The quantitative estimate of drug-likeness (QED) is 0.796. The van der Waals surface area contributed by atoms with Crippen molar-refractivity contribution < 1.29 is 17.6 Å². The van der Waals surface area contributed by atoms with Crippen molar-refractivity contribution in [3.8, 4) is 0 Å². The monoisotopic (exact) mass is 393 g/mol. The van der Waals surface area contributed by atoms with E-state index < -0.39 is 26.7 Å². The first-order chi connectivity index (χ1) is 11.2. The van der Waals surface area contributed by atoms with Gasteiger partial charge in [-0.2, -0.15) is 4.68 Å². The maximum Gasteiger partial charge on any atom is 0.344 e. The molecule has 0 aliphatic heterocycles. The van der Waals surface area contributed by atoms with Gasteiger partial charge in [0, 0.05) is 23.1 Å². The summed E-state index contributed by atoms with van der Waals surface area (Å²) in [6, 6.07) is 2.99. The Morgan fingerprint density at radius 1 is 1.21 bits per heavy atom. The molecule has 0 atom stereocenters. The molecule has 0 aliphatic carbocycles. The highest BCUT2D eigenvalue weighted by atomic mass is 35.5. The largest absolute Gasteiger partial charge is 0.344 e. The molecular formula is C14H14Cl2FN3O3S. The van der Waals surface area contributed by atoms with Gasteiger partial charge < -0.3 is 4.90 Å². The molecule has 1 heterocycles. The molecule has 1 aromatic carbocycles. The van der Waals surface area contributed by atoms with Gasteiger partial charge in [0.2, 0.25) is 14.9 Å². The number of rotatable bonds is 4. The summed E-state index contributed by atoms with van der Waals surface area (Å²) in [4.78, 5) is 13.2. The first-order valence-corrected chi connectivity index (χ1v) is 9.20. The van der Waals surface area contributed by atoms with Crippen molar-refractivity contribution >= 4 is 39.1 Å². The molecule has 0 saturated heterocycles. The summed E-state index contributed by atoms with van der Waals surface area (Å²) >= 11 is 11.6. The zero-order valence-electron chi connectivity index (χ0n) is 12.8. The van der Waals surface area contributed by atoms with Crippen molar-refractivity contribution in [2.45, 2.75) is 23.8 Å². The van der Waals surface area contributed by atoms with Gasteiger partial charge in [-0.3, -0.25) is 0 Å². The predicted molar refractivity (Wildman–Crippen MR) is 87.8 cm³/mol. The van der Waals surface area contributed by atoms with Crippen LogP contribution in [-0.4, -0.2) is 42.2 Å². The fourth-order valence-electron chi connectivity index (χ4n) is 2.05. The fraction of sp³-hybridized carbons (Fsp3) is 0.286. The molecule has 0 fully saturated rings. The van der Waals surface area contributed by atoms with Gasteiger partial charge in [-0.15, -0.1) is 5.10 Å². The number of carbonyl (C=O) groups is 1. The van der Waals surface area contributed by atoms with E-state index in [-0.39, 0.29) is 14.9 Å². The van der Waals surface area contributed by atoms with Gasteiger partial charge in [0.15, 0.2) is 5.82 Å². The maximum absolute atomic E-state index is 14.1. The lowest BCUT2D eigenvalue weighted by molar-refractivity contribution is 0.201. The van der Waals surface area contributed by atoms with E-state index in [0.29, 0.717) is 17.8 Å². The van der Waals surface area contributed by atoms with E-state index in [9.17, 15) is 17.6 Å². The van der Waals surface area contributed by atoms with Gasteiger partial charge in [-0.1, -0.05) is 23.2 Å². The first-order valence-electron chi connectivity index (χ1n) is 6.96. The normalized spacial score (nSPS) is 11.5. The second kappa shape index (κ2) is 7.08. The minimum absolute atomic E-state index is 0.0835. The van der Waals surface area contributed by atoms with Crippen molar-refractivity contribution in [3.05, 3.63) is 40.3 Å². The van der Waals surface area contributed by atoms with Gasteiger partial charge in [0.05, 0.1) is 11.1 Å². The van der Waals surface area contributed by atoms with E-state index >= 15 is 0 Å². The van der Waals surface area contributed by atoms with Crippen molar-refractivity contribution in [1.82, 2.24) is 14.7 Å². The number of hydrogen-bond acceptors (Lipinski definition) is 4. The molecule has 0 radical (unpaired) electrons. The second-order valence-corrected chi connectivity index (χ2v) is 7.53. The SMILES string of the molecule is CCN(CC)C(=O)n1cc(F)c(S(=O)(=O)c2cc(Cl)cc(Cl)c2)n1. The van der Waals surface area contributed by atoms with Crippen LogP contribution < -0.4 is 0 Å². The standard InChI is InChI=1S/C14H14Cl2FN3O3S/c1-3-19(4-2)14(21)20-8-12(17)13(18-20)24(22,23)11-6-9(15)5-10(16)7-11/h5-8H,3-4H2,1-2H3. The van der Waals surface area contributed by atoms with Crippen LogP contribution in [0.25, 0.3) is 0 Å². The first kappa shape index (κ1) is 18.7. The van der Waals surface area contributed by atoms with Crippen LogP contribution in [0.1, 0.15) is 13.8 Å². The minimum Gasteiger partial charge on any atom is -0.323 e. The van der Waals surface area contributed by atoms with Crippen LogP contribution in [0.15, 0.2) is 34.3 Å². The number of carbonyl (C=O) groups excluding carboxylic acids is 1. The smallest absolute Gasteiger partial charge is 0.323 e. The summed E-state index contributed by atoms with van der Waals surface area (Å²) in [5, 5.41) is 2.92. The zero-order chi connectivity index (χ0) is 18.1. The topological polar surface area (TPSA) is 72.3 Å². The third-order valence-corrected chi connectivity index (χ3v) is 5.35. The molecule has 0 unspecified atom stereocenters. The second-order valence-electron chi connectivity index (χ2n) is 4.79. The summed E-state index contributed by atoms with van der Waals surface area (Å²) in [7, 11) is -4.31. The molecular weight excluding hydrogens is 380 g/mol. The number of aromatic nitrogens is 2. The summed E-state index contributed by atoms with van der Waals surface area (Å²) in [5.41, 5.74) is 0. The molecule has 1 aromatic heterocycles. The predicted octanol–water partition coefficient (Wildman–Crippen LogP) is 3.47. The summed E-state index contributed by atoms with van der Waals surface area (Å²) < 4.78 is 39.9. The molecule has 6 nitrogen and oxygen atoms in total.